The van der Waals surface area contributed by atoms with Gasteiger partial charge < -0.3 is 4.57 Å². The van der Waals surface area contributed by atoms with Gasteiger partial charge in [0.1, 0.15) is 5.65 Å². The van der Waals surface area contributed by atoms with Crippen LogP contribution in [0.25, 0.3) is 77.1 Å². The van der Waals surface area contributed by atoms with Gasteiger partial charge in [0, 0.05) is 33.4 Å². The Hall–Kier alpha value is -5.48. The van der Waals surface area contributed by atoms with Crippen molar-refractivity contribution in [1.82, 2.24) is 18.9 Å². The second-order valence-electron chi connectivity index (χ2n) is 11.0. The predicted molar refractivity (Wildman–Crippen MR) is 168 cm³/mol. The maximum atomic E-state index is 5.32. The molecule has 0 saturated carbocycles. The van der Waals surface area contributed by atoms with E-state index < -0.39 is 0 Å². The summed E-state index contributed by atoms with van der Waals surface area (Å²) in [5, 5.41) is 4.93. The molecule has 190 valence electrons. The molecule has 0 aliphatic heterocycles. The maximum Gasteiger partial charge on any atom is 0.146 e. The standard InChI is InChI=1S/C37H22N4/c1-2-12-23(13-3-1)40-28-17-8-6-15-25(28)32-31-24-14-5-4-11-22(24)21-26(31)33-34(36(32)40)35-30(19-10-20-38-35)41-29-18-9-7-16-27(29)39-37(33)41/h1-20H,21H2. The molecule has 4 heteroatoms. The number of benzene rings is 5. The van der Waals surface area contributed by atoms with E-state index in [1.165, 1.54) is 54.8 Å². The van der Waals surface area contributed by atoms with E-state index in [0.29, 0.717) is 0 Å². The van der Waals surface area contributed by atoms with Crippen LogP contribution in [0.5, 0.6) is 0 Å². The highest BCUT2D eigenvalue weighted by Gasteiger charge is 2.31. The maximum absolute atomic E-state index is 5.32. The fourth-order valence-electron chi connectivity index (χ4n) is 7.39. The van der Waals surface area contributed by atoms with Crippen molar-refractivity contribution in [2.75, 3.05) is 0 Å². The van der Waals surface area contributed by atoms with Gasteiger partial charge in [0.15, 0.2) is 0 Å². The molecule has 9 aromatic rings. The molecule has 0 radical (unpaired) electrons. The average molecular weight is 523 g/mol. The molecule has 0 N–H and O–H groups in total. The summed E-state index contributed by atoms with van der Waals surface area (Å²) in [5.74, 6) is 0. The van der Waals surface area contributed by atoms with Crippen LogP contribution in [-0.2, 0) is 6.42 Å². The lowest BCUT2D eigenvalue weighted by atomic mass is 9.93. The fraction of sp³-hybridized carbons (Fsp3) is 0.0270. The topological polar surface area (TPSA) is 35.1 Å². The Morgan fingerprint density at radius 3 is 2.29 bits per heavy atom. The van der Waals surface area contributed by atoms with Gasteiger partial charge >= 0.3 is 0 Å². The predicted octanol–water partition coefficient (Wildman–Crippen LogP) is 8.86. The van der Waals surface area contributed by atoms with Gasteiger partial charge in [-0.25, -0.2) is 4.98 Å². The van der Waals surface area contributed by atoms with Crippen molar-refractivity contribution in [1.29, 1.82) is 0 Å². The third-order valence-electron chi connectivity index (χ3n) is 8.93. The Labute approximate surface area is 234 Å². The van der Waals surface area contributed by atoms with E-state index >= 15 is 0 Å². The van der Waals surface area contributed by atoms with Crippen molar-refractivity contribution in [3.8, 4) is 16.8 Å². The molecule has 10 rings (SSSR count). The van der Waals surface area contributed by atoms with Gasteiger partial charge in [-0.1, -0.05) is 72.8 Å². The number of rotatable bonds is 1. The lowest BCUT2D eigenvalue weighted by Gasteiger charge is -2.16. The molecule has 0 fully saturated rings. The summed E-state index contributed by atoms with van der Waals surface area (Å²) in [6, 6.07) is 41.2. The monoisotopic (exact) mass is 522 g/mol. The van der Waals surface area contributed by atoms with Gasteiger partial charge in [0.2, 0.25) is 0 Å². The number of hydrogen-bond donors (Lipinski definition) is 0. The van der Waals surface area contributed by atoms with E-state index in [4.69, 9.17) is 9.97 Å². The van der Waals surface area contributed by atoms with Crippen LogP contribution in [-0.4, -0.2) is 18.9 Å². The first-order valence-corrected chi connectivity index (χ1v) is 14.1. The van der Waals surface area contributed by atoms with Crippen LogP contribution < -0.4 is 0 Å². The second-order valence-corrected chi connectivity index (χ2v) is 11.0. The first kappa shape index (κ1) is 21.4. The number of pyridine rings is 2. The number of aromatic nitrogens is 4. The van der Waals surface area contributed by atoms with E-state index in [1.807, 2.05) is 12.3 Å². The Balaban J connectivity index is 1.61. The summed E-state index contributed by atoms with van der Waals surface area (Å²) in [5.41, 5.74) is 14.1. The zero-order valence-electron chi connectivity index (χ0n) is 22.0. The minimum atomic E-state index is 0.875. The van der Waals surface area contributed by atoms with Crippen LogP contribution in [0.4, 0.5) is 0 Å². The van der Waals surface area contributed by atoms with Gasteiger partial charge in [-0.3, -0.25) is 9.38 Å². The SMILES string of the molecule is c1ccc(-n2c3ccccc3c3c4c(c5c(c6ncccc6n6c7ccccc7nc56)c32)Cc2ccccc2-4)cc1. The molecule has 1 aliphatic rings. The van der Waals surface area contributed by atoms with E-state index in [1.54, 1.807) is 0 Å². The highest BCUT2D eigenvalue weighted by Crippen LogP contribution is 2.52. The molecule has 0 unspecified atom stereocenters. The van der Waals surface area contributed by atoms with Crippen LogP contribution in [0.2, 0.25) is 0 Å². The minimum absolute atomic E-state index is 0.875. The molecule has 0 spiro atoms. The molecule has 41 heavy (non-hydrogen) atoms. The van der Waals surface area contributed by atoms with Gasteiger partial charge in [-0.2, -0.15) is 0 Å². The molecule has 0 amide bonds. The van der Waals surface area contributed by atoms with Gasteiger partial charge in [-0.05, 0) is 71.1 Å². The van der Waals surface area contributed by atoms with E-state index in [9.17, 15) is 0 Å². The smallest absolute Gasteiger partial charge is 0.146 e. The fourth-order valence-corrected chi connectivity index (χ4v) is 7.39. The third-order valence-corrected chi connectivity index (χ3v) is 8.93. The normalized spacial score (nSPS) is 12.8. The zero-order chi connectivity index (χ0) is 26.7. The highest BCUT2D eigenvalue weighted by atomic mass is 15.0. The Bertz CT molecular complexity index is 2550. The van der Waals surface area contributed by atoms with Crippen molar-refractivity contribution < 1.29 is 0 Å². The molecule has 0 bridgehead atoms. The summed E-state index contributed by atoms with van der Waals surface area (Å²) < 4.78 is 4.77. The highest BCUT2D eigenvalue weighted by molar-refractivity contribution is 6.32. The summed E-state index contributed by atoms with van der Waals surface area (Å²) in [7, 11) is 0. The second kappa shape index (κ2) is 7.58. The largest absolute Gasteiger partial charge is 0.309 e. The van der Waals surface area contributed by atoms with E-state index in [2.05, 4.69) is 118 Å². The number of para-hydroxylation sites is 4. The summed E-state index contributed by atoms with van der Waals surface area (Å²) in [6.07, 6.45) is 2.80. The molecule has 4 nitrogen and oxygen atoms in total. The van der Waals surface area contributed by atoms with Gasteiger partial charge in [0.05, 0.1) is 33.1 Å². The first-order chi connectivity index (χ1) is 20.4. The third kappa shape index (κ3) is 2.60. The molecule has 5 aromatic carbocycles. The first-order valence-electron chi connectivity index (χ1n) is 14.1. The average Bonchev–Trinajstić information content (AvgIpc) is 3.71. The van der Waals surface area contributed by atoms with Crippen molar-refractivity contribution in [3.05, 3.63) is 133 Å². The zero-order valence-corrected chi connectivity index (χ0v) is 22.0. The summed E-state index contributed by atoms with van der Waals surface area (Å²) in [6.45, 7) is 0. The van der Waals surface area contributed by atoms with Crippen molar-refractivity contribution >= 4 is 60.3 Å². The number of fused-ring (bicyclic) bond motifs is 17. The van der Waals surface area contributed by atoms with Crippen molar-refractivity contribution in [3.63, 3.8) is 0 Å². The minimum Gasteiger partial charge on any atom is -0.309 e. The molecular formula is C37H22N4. The van der Waals surface area contributed by atoms with Gasteiger partial charge in [0.25, 0.3) is 0 Å². The van der Waals surface area contributed by atoms with E-state index in [-0.39, 0.29) is 0 Å². The van der Waals surface area contributed by atoms with Crippen LogP contribution in [0.3, 0.4) is 0 Å². The Kier molecular flexibility index (Phi) is 3.95. The Morgan fingerprint density at radius 2 is 1.37 bits per heavy atom. The van der Waals surface area contributed by atoms with Crippen LogP contribution in [0.15, 0.2) is 121 Å². The molecular weight excluding hydrogens is 500 g/mol. The number of imidazole rings is 1. The lowest BCUT2D eigenvalue weighted by molar-refractivity contribution is 1.18. The van der Waals surface area contributed by atoms with Crippen molar-refractivity contribution in [2.24, 2.45) is 0 Å². The van der Waals surface area contributed by atoms with Crippen LogP contribution in [0.1, 0.15) is 11.1 Å². The quantitative estimate of drug-likeness (QED) is 0.202. The summed E-state index contributed by atoms with van der Waals surface area (Å²) in [4.78, 5) is 10.4. The van der Waals surface area contributed by atoms with E-state index in [0.717, 1.165) is 39.8 Å². The van der Waals surface area contributed by atoms with Crippen molar-refractivity contribution in [2.45, 2.75) is 6.42 Å². The van der Waals surface area contributed by atoms with Crippen LogP contribution in [0, 0.1) is 0 Å². The molecule has 0 atom stereocenters. The summed E-state index contributed by atoms with van der Waals surface area (Å²) >= 11 is 0. The number of nitrogens with zero attached hydrogens (tertiary/aromatic N) is 4. The molecule has 4 aromatic heterocycles. The number of hydrogen-bond acceptors (Lipinski definition) is 2. The van der Waals surface area contributed by atoms with Crippen LogP contribution >= 0.6 is 0 Å². The lowest BCUT2D eigenvalue weighted by Crippen LogP contribution is -2.00. The van der Waals surface area contributed by atoms with Gasteiger partial charge in [-0.15, -0.1) is 0 Å². The Morgan fingerprint density at radius 1 is 0.610 bits per heavy atom. The molecule has 0 saturated heterocycles. The molecule has 1 aliphatic carbocycles. The molecule has 4 heterocycles.